The third kappa shape index (κ3) is 2.37. The molecule has 1 rings (SSSR count). The summed E-state index contributed by atoms with van der Waals surface area (Å²) in [5, 5.41) is 3.46. The first-order chi connectivity index (χ1) is 6.88. The number of hydrogen-bond donors (Lipinski definition) is 0. The average molecular weight is 219 g/mol. The van der Waals surface area contributed by atoms with Crippen LogP contribution in [0.3, 0.4) is 0 Å². The van der Waals surface area contributed by atoms with Gasteiger partial charge >= 0.3 is 6.18 Å². The molecule has 0 aliphatic heterocycles. The molecule has 0 atom stereocenters. The van der Waals surface area contributed by atoms with Crippen molar-refractivity contribution in [1.29, 1.82) is 0 Å². The van der Waals surface area contributed by atoms with Crippen LogP contribution in [-0.4, -0.2) is 23.0 Å². The zero-order valence-electron chi connectivity index (χ0n) is 8.76. The summed E-state index contributed by atoms with van der Waals surface area (Å²) in [4.78, 5) is 3.68. The minimum atomic E-state index is -4.40. The number of rotatable bonds is 2. The predicted octanol–water partition coefficient (Wildman–Crippen LogP) is 1.99. The van der Waals surface area contributed by atoms with Gasteiger partial charge in [-0.05, 0) is 6.92 Å². The molecule has 0 aliphatic carbocycles. The second kappa shape index (κ2) is 4.04. The van der Waals surface area contributed by atoms with Crippen LogP contribution in [0.1, 0.15) is 17.0 Å². The third-order valence-electron chi connectivity index (χ3n) is 2.20. The van der Waals surface area contributed by atoms with Crippen LogP contribution in [0.25, 0.3) is 0 Å². The van der Waals surface area contributed by atoms with Gasteiger partial charge < -0.3 is 4.99 Å². The molecule has 15 heavy (non-hydrogen) atoms. The van der Waals surface area contributed by atoms with Crippen molar-refractivity contribution in [2.45, 2.75) is 19.5 Å². The van der Waals surface area contributed by atoms with Crippen molar-refractivity contribution in [3.8, 4) is 0 Å². The fourth-order valence-corrected chi connectivity index (χ4v) is 1.31. The number of halogens is 3. The largest absolute Gasteiger partial charge is 0.435 e. The Morgan fingerprint density at radius 2 is 2.07 bits per heavy atom. The van der Waals surface area contributed by atoms with Crippen molar-refractivity contribution in [2.24, 2.45) is 12.0 Å². The molecule has 0 aromatic carbocycles. The maximum absolute atomic E-state index is 12.5. The number of hydrogen-bond acceptors (Lipinski definition) is 2. The van der Waals surface area contributed by atoms with Crippen molar-refractivity contribution in [3.63, 3.8) is 0 Å². The lowest BCUT2D eigenvalue weighted by molar-refractivity contribution is -0.141. The molecule has 0 amide bonds. The molecule has 0 saturated heterocycles. The molecular formula is C9H12F3N3. The zero-order chi connectivity index (χ0) is 11.6. The van der Waals surface area contributed by atoms with Gasteiger partial charge in [-0.15, -0.1) is 0 Å². The summed E-state index contributed by atoms with van der Waals surface area (Å²) in [6.45, 7) is 1.61. The standard InChI is InChI=1S/C9H12F3N3/c1-6-7(4-5-13-2)8(9(10,11)12)14-15(6)3/h5H,4H2,1-3H3. The normalized spacial score (nSPS) is 12.7. The van der Waals surface area contributed by atoms with Gasteiger partial charge in [0.2, 0.25) is 0 Å². The summed E-state index contributed by atoms with van der Waals surface area (Å²) in [5.41, 5.74) is -0.111. The molecule has 0 radical (unpaired) electrons. The average Bonchev–Trinajstić information content (AvgIpc) is 2.40. The van der Waals surface area contributed by atoms with Crippen molar-refractivity contribution in [2.75, 3.05) is 7.05 Å². The van der Waals surface area contributed by atoms with Gasteiger partial charge in [0.05, 0.1) is 0 Å². The van der Waals surface area contributed by atoms with E-state index in [0.29, 0.717) is 5.69 Å². The molecule has 84 valence electrons. The van der Waals surface area contributed by atoms with E-state index in [1.807, 2.05) is 0 Å². The van der Waals surface area contributed by atoms with Gasteiger partial charge in [0.1, 0.15) is 0 Å². The van der Waals surface area contributed by atoms with Gasteiger partial charge in [0.15, 0.2) is 5.69 Å². The van der Waals surface area contributed by atoms with Crippen LogP contribution in [0.2, 0.25) is 0 Å². The molecule has 0 saturated carbocycles. The van der Waals surface area contributed by atoms with Gasteiger partial charge in [-0.1, -0.05) is 0 Å². The van der Waals surface area contributed by atoms with Crippen LogP contribution >= 0.6 is 0 Å². The molecule has 6 heteroatoms. The highest BCUT2D eigenvalue weighted by molar-refractivity contribution is 5.62. The molecule has 3 nitrogen and oxygen atoms in total. The SMILES string of the molecule is CN=CCc1c(C(F)(F)F)nn(C)c1C. The van der Waals surface area contributed by atoms with Crippen molar-refractivity contribution >= 4 is 6.21 Å². The van der Waals surface area contributed by atoms with E-state index in [1.54, 1.807) is 6.92 Å². The molecular weight excluding hydrogens is 207 g/mol. The second-order valence-corrected chi connectivity index (χ2v) is 3.18. The summed E-state index contributed by atoms with van der Waals surface area (Å²) in [7, 11) is 3.02. The molecule has 0 aliphatic rings. The Labute approximate surface area is 85.6 Å². The van der Waals surface area contributed by atoms with Gasteiger partial charge in [0, 0.05) is 38.0 Å². The van der Waals surface area contributed by atoms with Gasteiger partial charge in [-0.3, -0.25) is 4.68 Å². The minimum Gasteiger partial charge on any atom is -0.301 e. The zero-order valence-corrected chi connectivity index (χ0v) is 8.76. The molecule has 0 spiro atoms. The lowest BCUT2D eigenvalue weighted by Crippen LogP contribution is -2.09. The molecule has 1 aromatic rings. The van der Waals surface area contributed by atoms with Crippen LogP contribution < -0.4 is 0 Å². The van der Waals surface area contributed by atoms with Gasteiger partial charge in [0.25, 0.3) is 0 Å². The van der Waals surface area contributed by atoms with Crippen LogP contribution in [-0.2, 0) is 19.6 Å². The topological polar surface area (TPSA) is 30.2 Å². The molecule has 0 unspecified atom stereocenters. The number of aliphatic imine (C=N–C) groups is 1. The van der Waals surface area contributed by atoms with Crippen molar-refractivity contribution in [3.05, 3.63) is 17.0 Å². The molecule has 1 heterocycles. The van der Waals surface area contributed by atoms with E-state index in [1.165, 1.54) is 25.0 Å². The van der Waals surface area contributed by atoms with E-state index < -0.39 is 11.9 Å². The number of alkyl halides is 3. The van der Waals surface area contributed by atoms with E-state index in [2.05, 4.69) is 10.1 Å². The number of aromatic nitrogens is 2. The maximum Gasteiger partial charge on any atom is 0.435 e. The highest BCUT2D eigenvalue weighted by Gasteiger charge is 2.37. The van der Waals surface area contributed by atoms with Crippen LogP contribution in [0.5, 0.6) is 0 Å². The summed E-state index contributed by atoms with van der Waals surface area (Å²) in [5.74, 6) is 0. The third-order valence-corrected chi connectivity index (χ3v) is 2.20. The van der Waals surface area contributed by atoms with E-state index in [4.69, 9.17) is 0 Å². The Kier molecular flexibility index (Phi) is 3.16. The fourth-order valence-electron chi connectivity index (χ4n) is 1.31. The molecule has 1 aromatic heterocycles. The Morgan fingerprint density at radius 1 is 1.47 bits per heavy atom. The Morgan fingerprint density at radius 3 is 2.53 bits per heavy atom. The maximum atomic E-state index is 12.5. The molecule has 0 N–H and O–H groups in total. The lowest BCUT2D eigenvalue weighted by atomic mass is 10.1. The summed E-state index contributed by atoms with van der Waals surface area (Å²) >= 11 is 0. The first-order valence-corrected chi connectivity index (χ1v) is 4.38. The first kappa shape index (κ1) is 11.7. The highest BCUT2D eigenvalue weighted by atomic mass is 19.4. The molecule has 0 bridgehead atoms. The quantitative estimate of drug-likeness (QED) is 0.699. The minimum absolute atomic E-state index is 0.158. The fraction of sp³-hybridized carbons (Fsp3) is 0.556. The summed E-state index contributed by atoms with van der Waals surface area (Å²) in [6, 6.07) is 0. The number of aryl methyl sites for hydroxylation is 1. The Hall–Kier alpha value is -1.33. The van der Waals surface area contributed by atoms with Crippen LogP contribution in [0.15, 0.2) is 4.99 Å². The smallest absolute Gasteiger partial charge is 0.301 e. The lowest BCUT2D eigenvalue weighted by Gasteiger charge is -2.04. The predicted molar refractivity (Wildman–Crippen MR) is 51.1 cm³/mol. The Balaban J connectivity index is 3.21. The van der Waals surface area contributed by atoms with Gasteiger partial charge in [-0.25, -0.2) is 0 Å². The van der Waals surface area contributed by atoms with Crippen LogP contribution in [0.4, 0.5) is 13.2 Å². The summed E-state index contributed by atoms with van der Waals surface area (Å²) < 4.78 is 38.9. The van der Waals surface area contributed by atoms with Crippen molar-refractivity contribution < 1.29 is 13.2 Å². The van der Waals surface area contributed by atoms with E-state index in [0.717, 1.165) is 0 Å². The second-order valence-electron chi connectivity index (χ2n) is 3.18. The highest BCUT2D eigenvalue weighted by Crippen LogP contribution is 2.32. The van der Waals surface area contributed by atoms with Crippen molar-refractivity contribution in [1.82, 2.24) is 9.78 Å². The van der Waals surface area contributed by atoms with E-state index in [-0.39, 0.29) is 12.0 Å². The Bertz CT molecular complexity index is 377. The van der Waals surface area contributed by atoms with Gasteiger partial charge in [-0.2, -0.15) is 18.3 Å². The van der Waals surface area contributed by atoms with E-state index in [9.17, 15) is 13.2 Å². The monoisotopic (exact) mass is 219 g/mol. The summed E-state index contributed by atoms with van der Waals surface area (Å²) in [6.07, 6.45) is -2.80. The molecule has 0 fully saturated rings. The number of nitrogens with zero attached hydrogens (tertiary/aromatic N) is 3. The van der Waals surface area contributed by atoms with E-state index >= 15 is 0 Å². The first-order valence-electron chi connectivity index (χ1n) is 4.38. The van der Waals surface area contributed by atoms with Crippen LogP contribution in [0, 0.1) is 6.92 Å².